The molecule has 0 saturated carbocycles. The summed E-state index contributed by atoms with van der Waals surface area (Å²) in [6, 6.07) is 4.87. The topological polar surface area (TPSA) is 55.1 Å². The molecule has 0 aromatic heterocycles. The lowest BCUT2D eigenvalue weighted by atomic mass is 10.2. The third-order valence-corrected chi connectivity index (χ3v) is 2.81. The molecule has 82 valence electrons. The van der Waals surface area contributed by atoms with Crippen LogP contribution < -0.4 is 11.1 Å². The number of halogens is 1. The Hall–Kier alpha value is -0.870. The summed E-state index contributed by atoms with van der Waals surface area (Å²) >= 11 is 7.44. The van der Waals surface area contributed by atoms with E-state index in [1.54, 1.807) is 30.0 Å². The molecule has 3 nitrogen and oxygen atoms in total. The molecule has 0 bridgehead atoms. The zero-order valence-electron chi connectivity index (χ0n) is 8.42. The molecule has 0 heterocycles. The van der Waals surface area contributed by atoms with Crippen LogP contribution >= 0.6 is 23.4 Å². The third-order valence-electron chi connectivity index (χ3n) is 1.85. The van der Waals surface area contributed by atoms with Crippen LogP contribution in [-0.2, 0) is 0 Å². The van der Waals surface area contributed by atoms with E-state index in [1.165, 1.54) is 0 Å². The number of carbonyl (C=O) groups is 1. The standard InChI is InChI=1S/C10H13ClN2OS/c1-15-5-4-13-10(14)7-2-3-8(11)9(12)6-7/h2-3,6H,4-5,12H2,1H3,(H,13,14). The fourth-order valence-electron chi connectivity index (χ4n) is 1.05. The molecule has 3 N–H and O–H groups in total. The maximum atomic E-state index is 11.6. The normalized spacial score (nSPS) is 10.0. The second-order valence-corrected chi connectivity index (χ2v) is 4.38. The van der Waals surface area contributed by atoms with Crippen molar-refractivity contribution in [3.05, 3.63) is 28.8 Å². The van der Waals surface area contributed by atoms with Gasteiger partial charge in [0.05, 0.1) is 10.7 Å². The average Bonchev–Trinajstić information content (AvgIpc) is 2.22. The van der Waals surface area contributed by atoms with Crippen molar-refractivity contribution in [3.63, 3.8) is 0 Å². The van der Waals surface area contributed by atoms with E-state index in [9.17, 15) is 4.79 Å². The lowest BCUT2D eigenvalue weighted by molar-refractivity contribution is 0.0956. The number of benzene rings is 1. The lowest BCUT2D eigenvalue weighted by Gasteiger charge is -2.05. The number of rotatable bonds is 4. The summed E-state index contributed by atoms with van der Waals surface area (Å²) in [6.45, 7) is 0.655. The lowest BCUT2D eigenvalue weighted by Crippen LogP contribution is -2.25. The van der Waals surface area contributed by atoms with Crippen molar-refractivity contribution < 1.29 is 4.79 Å². The van der Waals surface area contributed by atoms with Crippen molar-refractivity contribution in [3.8, 4) is 0 Å². The van der Waals surface area contributed by atoms with Gasteiger partial charge in [-0.3, -0.25) is 4.79 Å². The zero-order chi connectivity index (χ0) is 11.3. The summed E-state index contributed by atoms with van der Waals surface area (Å²) in [5.41, 5.74) is 6.56. The van der Waals surface area contributed by atoms with Gasteiger partial charge < -0.3 is 11.1 Å². The molecule has 0 spiro atoms. The number of anilines is 1. The van der Waals surface area contributed by atoms with E-state index in [2.05, 4.69) is 5.32 Å². The molecule has 15 heavy (non-hydrogen) atoms. The molecule has 1 aromatic carbocycles. The third kappa shape index (κ3) is 3.64. The van der Waals surface area contributed by atoms with E-state index in [-0.39, 0.29) is 5.91 Å². The highest BCUT2D eigenvalue weighted by Gasteiger charge is 2.06. The van der Waals surface area contributed by atoms with Crippen molar-refractivity contribution in [1.29, 1.82) is 0 Å². The van der Waals surface area contributed by atoms with E-state index in [4.69, 9.17) is 17.3 Å². The Bertz CT molecular complexity index is 357. The van der Waals surface area contributed by atoms with Crippen LogP contribution in [0.2, 0.25) is 5.02 Å². The Labute approximate surface area is 98.4 Å². The minimum Gasteiger partial charge on any atom is -0.398 e. The van der Waals surface area contributed by atoms with Crippen LogP contribution in [0.15, 0.2) is 18.2 Å². The number of carbonyl (C=O) groups excluding carboxylic acids is 1. The van der Waals surface area contributed by atoms with Gasteiger partial charge in [0.15, 0.2) is 0 Å². The van der Waals surface area contributed by atoms with Gasteiger partial charge in [-0.1, -0.05) is 11.6 Å². The van der Waals surface area contributed by atoms with Crippen LogP contribution in [0.5, 0.6) is 0 Å². The van der Waals surface area contributed by atoms with Crippen LogP contribution in [0.1, 0.15) is 10.4 Å². The van der Waals surface area contributed by atoms with Crippen molar-refractivity contribution >= 4 is 35.0 Å². The van der Waals surface area contributed by atoms with Gasteiger partial charge >= 0.3 is 0 Å². The molecule has 5 heteroatoms. The number of thioether (sulfide) groups is 1. The van der Waals surface area contributed by atoms with Gasteiger partial charge in [0.1, 0.15) is 0 Å². The first-order valence-electron chi connectivity index (χ1n) is 4.47. The van der Waals surface area contributed by atoms with Crippen LogP contribution in [0.25, 0.3) is 0 Å². The predicted octanol–water partition coefficient (Wildman–Crippen LogP) is 2.01. The number of hydrogen-bond donors (Lipinski definition) is 2. The molecule has 0 radical (unpaired) electrons. The largest absolute Gasteiger partial charge is 0.398 e. The molecule has 1 aromatic rings. The molecule has 0 aliphatic rings. The summed E-state index contributed by atoms with van der Waals surface area (Å²) in [5.74, 6) is 0.779. The fraction of sp³-hybridized carbons (Fsp3) is 0.300. The predicted molar refractivity (Wildman–Crippen MR) is 66.6 cm³/mol. The van der Waals surface area contributed by atoms with Gasteiger partial charge in [-0.25, -0.2) is 0 Å². The first kappa shape index (κ1) is 12.2. The van der Waals surface area contributed by atoms with Crippen LogP contribution in [0, 0.1) is 0 Å². The van der Waals surface area contributed by atoms with Crippen molar-refractivity contribution in [1.82, 2.24) is 5.32 Å². The molecule has 0 unspecified atom stereocenters. The number of nitrogens with two attached hydrogens (primary N) is 1. The SMILES string of the molecule is CSCCNC(=O)c1ccc(Cl)c(N)c1. The summed E-state index contributed by atoms with van der Waals surface area (Å²) in [4.78, 5) is 11.6. The van der Waals surface area contributed by atoms with E-state index >= 15 is 0 Å². The zero-order valence-corrected chi connectivity index (χ0v) is 9.99. The monoisotopic (exact) mass is 244 g/mol. The Balaban J connectivity index is 2.62. The van der Waals surface area contributed by atoms with Crippen LogP contribution in [0.4, 0.5) is 5.69 Å². The minimum atomic E-state index is -0.118. The highest BCUT2D eigenvalue weighted by molar-refractivity contribution is 7.98. The number of nitrogen functional groups attached to an aromatic ring is 1. The minimum absolute atomic E-state index is 0.118. The van der Waals surface area contributed by atoms with Gasteiger partial charge in [-0.05, 0) is 24.5 Å². The molecule has 0 fully saturated rings. The molecular formula is C10H13ClN2OS. The Kier molecular flexibility index (Phi) is 4.78. The van der Waals surface area contributed by atoms with Crippen molar-refractivity contribution in [2.75, 3.05) is 24.3 Å². The molecule has 0 atom stereocenters. The van der Waals surface area contributed by atoms with E-state index in [0.717, 1.165) is 5.75 Å². The van der Waals surface area contributed by atoms with Gasteiger partial charge in [-0.15, -0.1) is 0 Å². The number of amides is 1. The summed E-state index contributed by atoms with van der Waals surface area (Å²) in [6.07, 6.45) is 1.99. The highest BCUT2D eigenvalue weighted by atomic mass is 35.5. The maximum Gasteiger partial charge on any atom is 0.251 e. The molecular weight excluding hydrogens is 232 g/mol. The Morgan fingerprint density at radius 2 is 2.33 bits per heavy atom. The van der Waals surface area contributed by atoms with E-state index in [0.29, 0.717) is 22.8 Å². The van der Waals surface area contributed by atoms with Crippen LogP contribution in [0.3, 0.4) is 0 Å². The molecule has 0 aliphatic carbocycles. The average molecular weight is 245 g/mol. The molecule has 1 amide bonds. The van der Waals surface area contributed by atoms with Gasteiger partial charge in [0.2, 0.25) is 0 Å². The summed E-state index contributed by atoms with van der Waals surface area (Å²) in [5, 5.41) is 3.26. The quantitative estimate of drug-likeness (QED) is 0.629. The highest BCUT2D eigenvalue weighted by Crippen LogP contribution is 2.19. The summed E-state index contributed by atoms with van der Waals surface area (Å²) in [7, 11) is 0. The number of hydrogen-bond acceptors (Lipinski definition) is 3. The Morgan fingerprint density at radius 3 is 2.93 bits per heavy atom. The van der Waals surface area contributed by atoms with E-state index in [1.807, 2.05) is 6.26 Å². The smallest absolute Gasteiger partial charge is 0.251 e. The first-order chi connectivity index (χ1) is 7.15. The second-order valence-electron chi connectivity index (χ2n) is 2.98. The first-order valence-corrected chi connectivity index (χ1v) is 6.24. The fourth-order valence-corrected chi connectivity index (χ4v) is 1.48. The Morgan fingerprint density at radius 1 is 1.60 bits per heavy atom. The van der Waals surface area contributed by atoms with Crippen molar-refractivity contribution in [2.24, 2.45) is 0 Å². The van der Waals surface area contributed by atoms with Gasteiger partial charge in [0.25, 0.3) is 5.91 Å². The molecule has 1 rings (SSSR count). The molecule has 0 saturated heterocycles. The van der Waals surface area contributed by atoms with Crippen LogP contribution in [-0.4, -0.2) is 24.5 Å². The number of nitrogens with one attached hydrogen (secondary N) is 1. The second kappa shape index (κ2) is 5.88. The van der Waals surface area contributed by atoms with Gasteiger partial charge in [0, 0.05) is 17.9 Å². The van der Waals surface area contributed by atoms with Gasteiger partial charge in [-0.2, -0.15) is 11.8 Å². The van der Waals surface area contributed by atoms with Crippen molar-refractivity contribution in [2.45, 2.75) is 0 Å². The molecule has 0 aliphatic heterocycles. The van der Waals surface area contributed by atoms with E-state index < -0.39 is 0 Å². The maximum absolute atomic E-state index is 11.6. The summed E-state index contributed by atoms with van der Waals surface area (Å²) < 4.78 is 0.